The molecule has 0 aliphatic carbocycles. The van der Waals surface area contributed by atoms with Crippen LogP contribution in [0.5, 0.6) is 0 Å². The Morgan fingerprint density at radius 1 is 0.625 bits per heavy atom. The monoisotopic (exact) mass is 432 g/mol. The summed E-state index contributed by atoms with van der Waals surface area (Å²) in [4.78, 5) is 18.4. The first-order valence-corrected chi connectivity index (χ1v) is 13.6. The molecule has 0 unspecified atom stereocenters. The molecule has 2 aromatic heterocycles. The third kappa shape index (κ3) is 3.31. The van der Waals surface area contributed by atoms with E-state index in [9.17, 15) is 0 Å². The number of nitrogens with zero attached hydrogens (tertiary/aromatic N) is 4. The highest BCUT2D eigenvalue weighted by Crippen LogP contribution is 2.55. The summed E-state index contributed by atoms with van der Waals surface area (Å²) in [6.45, 7) is 4.72. The molecule has 0 radical (unpaired) electrons. The smallest absolute Gasteiger partial charge is 0.122 e. The topological polar surface area (TPSA) is 51.6 Å². The van der Waals surface area contributed by atoms with Crippen LogP contribution in [0.3, 0.4) is 0 Å². The minimum Gasteiger partial charge on any atom is -0.261 e. The van der Waals surface area contributed by atoms with E-state index in [-0.39, 0.29) is 0 Å². The molecule has 5 rings (SSSR count). The molecular formula is C27H24N4Si. The second kappa shape index (κ2) is 8.44. The summed E-state index contributed by atoms with van der Waals surface area (Å²) >= 11 is 0. The lowest BCUT2D eigenvalue weighted by atomic mass is 9.90. The molecule has 0 N–H and O–H groups in total. The van der Waals surface area contributed by atoms with Gasteiger partial charge < -0.3 is 0 Å². The van der Waals surface area contributed by atoms with Crippen molar-refractivity contribution in [2.24, 2.45) is 0 Å². The maximum absolute atomic E-state index is 4.79. The zero-order valence-corrected chi connectivity index (χ0v) is 19.2. The van der Waals surface area contributed by atoms with Gasteiger partial charge in [0.2, 0.25) is 0 Å². The summed E-state index contributed by atoms with van der Waals surface area (Å²) in [6.07, 6.45) is 10.9. The number of benzene rings is 2. The minimum absolute atomic E-state index is 0.953. The zero-order chi connectivity index (χ0) is 22.0. The quantitative estimate of drug-likeness (QED) is 0.364. The van der Waals surface area contributed by atoms with E-state index in [1.807, 2.05) is 12.4 Å². The minimum atomic E-state index is -2.24. The molecule has 0 saturated carbocycles. The Bertz CT molecular complexity index is 1190. The molecule has 1 aliphatic rings. The predicted octanol–water partition coefficient (Wildman–Crippen LogP) is 5.98. The summed E-state index contributed by atoms with van der Waals surface area (Å²) in [7, 11) is -2.24. The predicted molar refractivity (Wildman–Crippen MR) is 133 cm³/mol. The fourth-order valence-electron chi connectivity index (χ4n) is 4.75. The van der Waals surface area contributed by atoms with Gasteiger partial charge in [-0.05, 0) is 32.7 Å². The molecule has 0 saturated heterocycles. The Morgan fingerprint density at radius 3 is 1.41 bits per heavy atom. The van der Waals surface area contributed by atoms with E-state index in [2.05, 4.69) is 84.1 Å². The largest absolute Gasteiger partial charge is 0.261 e. The van der Waals surface area contributed by atoms with Gasteiger partial charge in [0.05, 0.1) is 23.8 Å². The van der Waals surface area contributed by atoms with Crippen molar-refractivity contribution in [1.29, 1.82) is 0 Å². The molecular weight excluding hydrogens is 408 g/mol. The second-order valence-electron chi connectivity index (χ2n) is 8.10. The van der Waals surface area contributed by atoms with Crippen LogP contribution < -0.4 is 0 Å². The maximum Gasteiger partial charge on any atom is 0.122 e. The Morgan fingerprint density at radius 2 is 1.06 bits per heavy atom. The van der Waals surface area contributed by atoms with Crippen molar-refractivity contribution in [1.82, 2.24) is 19.9 Å². The van der Waals surface area contributed by atoms with E-state index < -0.39 is 8.07 Å². The van der Waals surface area contributed by atoms with Gasteiger partial charge in [-0.1, -0.05) is 80.2 Å². The fourth-order valence-corrected chi connectivity index (χ4v) is 8.73. The van der Waals surface area contributed by atoms with Gasteiger partial charge in [-0.3, -0.25) is 19.9 Å². The van der Waals surface area contributed by atoms with Crippen molar-refractivity contribution in [3.8, 4) is 0 Å². The standard InChI is InChI=1S/C27H24N4Si/c1-3-32(2)26(22-18-28-14-16-30-22)24(20-10-6-4-7-11-20)25(21-12-8-5-9-13-21)27(32)23-19-29-15-17-31-23/h4-19H,3H2,1-2H3. The van der Waals surface area contributed by atoms with Crippen LogP contribution in [0.1, 0.15) is 29.4 Å². The van der Waals surface area contributed by atoms with E-state index >= 15 is 0 Å². The number of aromatic nitrogens is 4. The molecule has 5 heteroatoms. The van der Waals surface area contributed by atoms with Crippen LogP contribution in [-0.2, 0) is 0 Å². The molecule has 3 heterocycles. The molecule has 156 valence electrons. The molecule has 0 fully saturated rings. The Hall–Kier alpha value is -3.70. The SMILES string of the molecule is CC[Si]1(C)C(c2cnccn2)=C(c2ccccc2)C(c2ccccc2)=C1c1cnccn1. The molecule has 0 spiro atoms. The third-order valence-electron chi connectivity index (χ3n) is 6.32. The van der Waals surface area contributed by atoms with Gasteiger partial charge >= 0.3 is 0 Å². The van der Waals surface area contributed by atoms with Crippen molar-refractivity contribution >= 4 is 29.6 Å². The van der Waals surface area contributed by atoms with Gasteiger partial charge in [0.25, 0.3) is 0 Å². The van der Waals surface area contributed by atoms with Gasteiger partial charge in [0.1, 0.15) is 8.07 Å². The second-order valence-corrected chi connectivity index (χ2v) is 12.5. The Labute approximate surface area is 189 Å². The fraction of sp³-hybridized carbons (Fsp3) is 0.111. The van der Waals surface area contributed by atoms with Gasteiger partial charge in [-0.15, -0.1) is 0 Å². The number of hydrogen-bond acceptors (Lipinski definition) is 4. The molecule has 0 bridgehead atoms. The first-order valence-electron chi connectivity index (χ1n) is 10.9. The lowest BCUT2D eigenvalue weighted by Crippen LogP contribution is -2.32. The first-order chi connectivity index (χ1) is 15.7. The highest BCUT2D eigenvalue weighted by Gasteiger charge is 2.47. The summed E-state index contributed by atoms with van der Waals surface area (Å²) in [5.41, 5.74) is 6.78. The first kappa shape index (κ1) is 20.2. The van der Waals surface area contributed by atoms with Gasteiger partial charge in [-0.25, -0.2) is 0 Å². The summed E-state index contributed by atoms with van der Waals surface area (Å²) in [5, 5.41) is 2.64. The van der Waals surface area contributed by atoms with Crippen molar-refractivity contribution in [2.45, 2.75) is 19.5 Å². The van der Waals surface area contributed by atoms with E-state index in [4.69, 9.17) is 9.97 Å². The van der Waals surface area contributed by atoms with Crippen LogP contribution >= 0.6 is 0 Å². The molecule has 0 amide bonds. The maximum atomic E-state index is 4.79. The van der Waals surface area contributed by atoms with Crippen molar-refractivity contribution < 1.29 is 0 Å². The van der Waals surface area contributed by atoms with E-state index in [1.165, 1.54) is 32.7 Å². The Kier molecular flexibility index (Phi) is 5.33. The lowest BCUT2D eigenvalue weighted by molar-refractivity contribution is 1.17. The highest BCUT2D eigenvalue weighted by atomic mass is 28.3. The van der Waals surface area contributed by atoms with Crippen molar-refractivity contribution in [2.75, 3.05) is 0 Å². The van der Waals surface area contributed by atoms with E-state index in [0.717, 1.165) is 17.4 Å². The number of rotatable bonds is 5. The molecule has 2 aromatic carbocycles. The van der Waals surface area contributed by atoms with Gasteiger partial charge in [0.15, 0.2) is 0 Å². The summed E-state index contributed by atoms with van der Waals surface area (Å²) in [5.74, 6) is 0. The third-order valence-corrected chi connectivity index (χ3v) is 11.0. The van der Waals surface area contributed by atoms with Crippen LogP contribution in [0.25, 0.3) is 21.5 Å². The Balaban J connectivity index is 1.94. The highest BCUT2D eigenvalue weighted by molar-refractivity contribution is 7.13. The normalized spacial score (nSPS) is 15.3. The summed E-state index contributed by atoms with van der Waals surface area (Å²) in [6, 6.07) is 22.3. The molecule has 32 heavy (non-hydrogen) atoms. The molecule has 0 atom stereocenters. The molecule has 4 nitrogen and oxygen atoms in total. The van der Waals surface area contributed by atoms with Crippen LogP contribution in [0.2, 0.25) is 12.6 Å². The van der Waals surface area contributed by atoms with Crippen LogP contribution in [0.4, 0.5) is 0 Å². The van der Waals surface area contributed by atoms with Crippen LogP contribution in [0.15, 0.2) is 97.8 Å². The molecule has 4 aromatic rings. The van der Waals surface area contributed by atoms with E-state index in [0.29, 0.717) is 0 Å². The van der Waals surface area contributed by atoms with Crippen molar-refractivity contribution in [3.63, 3.8) is 0 Å². The average molecular weight is 433 g/mol. The summed E-state index contributed by atoms with van der Waals surface area (Å²) < 4.78 is 0. The van der Waals surface area contributed by atoms with Crippen LogP contribution in [-0.4, -0.2) is 28.0 Å². The van der Waals surface area contributed by atoms with Crippen molar-refractivity contribution in [3.05, 3.63) is 120 Å². The van der Waals surface area contributed by atoms with Gasteiger partial charge in [-0.2, -0.15) is 0 Å². The van der Waals surface area contributed by atoms with Crippen LogP contribution in [0, 0.1) is 0 Å². The lowest BCUT2D eigenvalue weighted by Gasteiger charge is -2.28. The average Bonchev–Trinajstić information content (AvgIpc) is 3.16. The molecule has 1 aliphatic heterocycles. The zero-order valence-electron chi connectivity index (χ0n) is 18.2. The number of hydrogen-bond donors (Lipinski definition) is 0. The number of allylic oxidation sites excluding steroid dienone is 2. The van der Waals surface area contributed by atoms with E-state index in [1.54, 1.807) is 24.8 Å². The van der Waals surface area contributed by atoms with Gasteiger partial charge in [0, 0.05) is 24.8 Å².